The van der Waals surface area contributed by atoms with Crippen molar-refractivity contribution in [2.75, 3.05) is 20.7 Å². The number of hydrogen-bond donors (Lipinski definition) is 0. The van der Waals surface area contributed by atoms with Crippen LogP contribution in [-0.2, 0) is 13.1 Å². The van der Waals surface area contributed by atoms with Crippen molar-refractivity contribution in [1.29, 1.82) is 0 Å². The van der Waals surface area contributed by atoms with Crippen LogP contribution < -0.4 is 4.74 Å². The van der Waals surface area contributed by atoms with Crippen LogP contribution in [0.15, 0.2) is 34.9 Å². The first kappa shape index (κ1) is 19.0. The Morgan fingerprint density at radius 3 is 2.72 bits per heavy atom. The Morgan fingerprint density at radius 1 is 1.32 bits per heavy atom. The molecular weight excluding hydrogens is 318 g/mol. The van der Waals surface area contributed by atoms with E-state index in [1.807, 2.05) is 25.1 Å². The first-order chi connectivity index (χ1) is 11.9. The van der Waals surface area contributed by atoms with Crippen LogP contribution >= 0.6 is 0 Å². The Hall–Kier alpha value is -2.34. The number of methoxy groups -OCH3 is 1. The molecule has 0 radical (unpaired) electrons. The van der Waals surface area contributed by atoms with E-state index in [4.69, 9.17) is 9.15 Å². The second-order valence-electron chi connectivity index (χ2n) is 6.30. The van der Waals surface area contributed by atoms with Crippen LogP contribution in [0.5, 0.6) is 5.75 Å². The molecule has 0 N–H and O–H groups in total. The average molecular weight is 345 g/mol. The molecule has 0 unspecified atom stereocenters. The third kappa shape index (κ3) is 5.06. The Morgan fingerprint density at radius 2 is 2.08 bits per heavy atom. The number of carbonyl (C=O) groups is 1. The summed E-state index contributed by atoms with van der Waals surface area (Å²) >= 11 is 0. The van der Waals surface area contributed by atoms with Crippen molar-refractivity contribution in [2.24, 2.45) is 0 Å². The first-order valence-corrected chi connectivity index (χ1v) is 8.51. The van der Waals surface area contributed by atoms with Crippen molar-refractivity contribution >= 4 is 5.91 Å². The fourth-order valence-corrected chi connectivity index (χ4v) is 2.42. The maximum absolute atomic E-state index is 12.1. The number of aromatic nitrogens is 1. The summed E-state index contributed by atoms with van der Waals surface area (Å²) in [4.78, 5) is 20.3. The summed E-state index contributed by atoms with van der Waals surface area (Å²) in [5, 5.41) is 0. The Balaban J connectivity index is 2.09. The summed E-state index contributed by atoms with van der Waals surface area (Å²) in [5.74, 6) is 1.26. The second kappa shape index (κ2) is 8.67. The summed E-state index contributed by atoms with van der Waals surface area (Å²) in [7, 11) is 3.41. The highest BCUT2D eigenvalue weighted by Crippen LogP contribution is 2.17. The predicted octanol–water partition coefficient (Wildman–Crippen LogP) is 3.19. The van der Waals surface area contributed by atoms with Crippen LogP contribution in [-0.4, -0.2) is 47.4 Å². The molecule has 0 aliphatic carbocycles. The summed E-state index contributed by atoms with van der Waals surface area (Å²) in [6.45, 7) is 8.09. The highest BCUT2D eigenvalue weighted by Gasteiger charge is 2.18. The van der Waals surface area contributed by atoms with Gasteiger partial charge in [0.05, 0.1) is 13.7 Å². The van der Waals surface area contributed by atoms with Crippen LogP contribution in [0.1, 0.15) is 42.7 Å². The zero-order valence-electron chi connectivity index (χ0n) is 15.7. The van der Waals surface area contributed by atoms with Crippen LogP contribution in [0.3, 0.4) is 0 Å². The molecule has 0 atom stereocenters. The highest BCUT2D eigenvalue weighted by atomic mass is 16.5. The number of carbonyl (C=O) groups excluding carboxylic acids is 1. The summed E-state index contributed by atoms with van der Waals surface area (Å²) in [5.41, 5.74) is 1.51. The molecule has 136 valence electrons. The molecule has 0 bridgehead atoms. The van der Waals surface area contributed by atoms with Gasteiger partial charge in [0.25, 0.3) is 5.91 Å². The lowest BCUT2D eigenvalue weighted by atomic mass is 10.2. The van der Waals surface area contributed by atoms with Crippen molar-refractivity contribution in [1.82, 2.24) is 14.8 Å². The molecule has 0 aliphatic rings. The van der Waals surface area contributed by atoms with E-state index in [-0.39, 0.29) is 5.91 Å². The van der Waals surface area contributed by atoms with E-state index >= 15 is 0 Å². The van der Waals surface area contributed by atoms with Gasteiger partial charge in [0, 0.05) is 26.2 Å². The van der Waals surface area contributed by atoms with E-state index < -0.39 is 0 Å². The molecule has 0 spiro atoms. The smallest absolute Gasteiger partial charge is 0.275 e. The number of ether oxygens (including phenoxy) is 1. The van der Waals surface area contributed by atoms with Crippen LogP contribution in [0.2, 0.25) is 0 Å². The van der Waals surface area contributed by atoms with Gasteiger partial charge in [0.15, 0.2) is 5.69 Å². The minimum atomic E-state index is -0.124. The van der Waals surface area contributed by atoms with Crippen LogP contribution in [0, 0.1) is 0 Å². The van der Waals surface area contributed by atoms with Crippen molar-refractivity contribution < 1.29 is 13.9 Å². The van der Waals surface area contributed by atoms with Crippen LogP contribution in [0.25, 0.3) is 0 Å². The molecule has 6 heteroatoms. The fourth-order valence-electron chi connectivity index (χ4n) is 2.42. The largest absolute Gasteiger partial charge is 0.497 e. The minimum absolute atomic E-state index is 0.124. The van der Waals surface area contributed by atoms with Gasteiger partial charge in [0.2, 0.25) is 5.89 Å². The maximum atomic E-state index is 12.1. The Kier molecular flexibility index (Phi) is 6.58. The maximum Gasteiger partial charge on any atom is 0.275 e. The van der Waals surface area contributed by atoms with Gasteiger partial charge >= 0.3 is 0 Å². The van der Waals surface area contributed by atoms with E-state index in [0.29, 0.717) is 30.7 Å². The summed E-state index contributed by atoms with van der Waals surface area (Å²) in [6.07, 6.45) is 1.44. The third-order valence-electron chi connectivity index (χ3n) is 4.18. The monoisotopic (exact) mass is 345 g/mol. The van der Waals surface area contributed by atoms with E-state index in [2.05, 4.69) is 29.8 Å². The van der Waals surface area contributed by atoms with E-state index in [1.54, 1.807) is 19.1 Å². The second-order valence-corrected chi connectivity index (χ2v) is 6.30. The Bertz CT molecular complexity index is 697. The molecule has 2 aromatic rings. The highest BCUT2D eigenvalue weighted by molar-refractivity contribution is 5.91. The Labute approximate surface area is 149 Å². The molecule has 6 nitrogen and oxygen atoms in total. The standard InChI is InChI=1S/C19H27N3O3/c1-6-21(4)19(23)17-13-25-18(20-17)12-22(14(2)3)11-15-8-7-9-16(10-15)24-5/h7-10,13-14H,6,11-12H2,1-5H3. The average Bonchev–Trinajstić information content (AvgIpc) is 3.08. The van der Waals surface area contributed by atoms with Crippen molar-refractivity contribution in [3.8, 4) is 5.75 Å². The molecular formula is C19H27N3O3. The fraction of sp³-hybridized carbons (Fsp3) is 0.474. The molecule has 1 amide bonds. The van der Waals surface area contributed by atoms with Crippen molar-refractivity contribution in [2.45, 2.75) is 39.9 Å². The van der Waals surface area contributed by atoms with Crippen LogP contribution in [0.4, 0.5) is 0 Å². The third-order valence-corrected chi connectivity index (χ3v) is 4.18. The van der Waals surface area contributed by atoms with Gasteiger partial charge in [-0.1, -0.05) is 12.1 Å². The lowest BCUT2D eigenvalue weighted by Gasteiger charge is -2.25. The van der Waals surface area contributed by atoms with Crippen molar-refractivity contribution in [3.63, 3.8) is 0 Å². The molecule has 0 fully saturated rings. The molecule has 25 heavy (non-hydrogen) atoms. The normalized spacial score (nSPS) is 11.2. The number of oxazole rings is 1. The zero-order chi connectivity index (χ0) is 18.4. The lowest BCUT2D eigenvalue weighted by Crippen LogP contribution is -2.30. The predicted molar refractivity (Wildman–Crippen MR) is 96.5 cm³/mol. The summed E-state index contributed by atoms with van der Waals surface area (Å²) in [6, 6.07) is 8.30. The number of amides is 1. The van der Waals surface area contributed by atoms with E-state index in [1.165, 1.54) is 6.26 Å². The SMILES string of the molecule is CCN(C)C(=O)c1coc(CN(Cc2cccc(OC)c2)C(C)C)n1. The van der Waals surface area contributed by atoms with E-state index in [0.717, 1.165) is 17.9 Å². The first-order valence-electron chi connectivity index (χ1n) is 8.51. The van der Waals surface area contributed by atoms with Gasteiger partial charge in [-0.05, 0) is 38.5 Å². The topological polar surface area (TPSA) is 58.8 Å². The molecule has 1 aromatic heterocycles. The molecule has 0 saturated heterocycles. The quantitative estimate of drug-likeness (QED) is 0.735. The molecule has 1 heterocycles. The van der Waals surface area contributed by atoms with Gasteiger partial charge in [0.1, 0.15) is 12.0 Å². The van der Waals surface area contributed by atoms with Gasteiger partial charge < -0.3 is 14.1 Å². The van der Waals surface area contributed by atoms with Gasteiger partial charge in [-0.15, -0.1) is 0 Å². The van der Waals surface area contributed by atoms with Crippen molar-refractivity contribution in [3.05, 3.63) is 47.7 Å². The molecule has 2 rings (SSSR count). The number of rotatable bonds is 8. The minimum Gasteiger partial charge on any atom is -0.497 e. The molecule has 0 saturated carbocycles. The summed E-state index contributed by atoms with van der Waals surface area (Å²) < 4.78 is 10.8. The molecule has 1 aromatic carbocycles. The van der Waals surface area contributed by atoms with Gasteiger partial charge in [-0.3, -0.25) is 9.69 Å². The number of benzene rings is 1. The van der Waals surface area contributed by atoms with Gasteiger partial charge in [-0.25, -0.2) is 4.98 Å². The number of nitrogens with zero attached hydrogens (tertiary/aromatic N) is 3. The van der Waals surface area contributed by atoms with E-state index in [9.17, 15) is 4.79 Å². The lowest BCUT2D eigenvalue weighted by molar-refractivity contribution is 0.0796. The van der Waals surface area contributed by atoms with Gasteiger partial charge in [-0.2, -0.15) is 0 Å². The molecule has 0 aliphatic heterocycles. The zero-order valence-corrected chi connectivity index (χ0v) is 15.7. The number of hydrogen-bond acceptors (Lipinski definition) is 5.